The summed E-state index contributed by atoms with van der Waals surface area (Å²) in [7, 11) is 0. The maximum Gasteiger partial charge on any atom is 0.416 e. The van der Waals surface area contributed by atoms with Crippen LogP contribution in [0.15, 0.2) is 65.7 Å². The van der Waals surface area contributed by atoms with Crippen molar-refractivity contribution in [3.63, 3.8) is 0 Å². The highest BCUT2D eigenvalue weighted by Crippen LogP contribution is 2.31. The largest absolute Gasteiger partial charge is 0.416 e. The highest BCUT2D eigenvalue weighted by molar-refractivity contribution is 7.98. The van der Waals surface area contributed by atoms with E-state index in [4.69, 9.17) is 0 Å². The molecule has 8 heteroatoms. The molecule has 0 aliphatic carbocycles. The molecule has 0 amide bonds. The molecule has 142 valence electrons. The Hall–Kier alpha value is -2.87. The summed E-state index contributed by atoms with van der Waals surface area (Å²) in [5.74, 6) is 1.00. The first-order valence-corrected chi connectivity index (χ1v) is 9.47. The lowest BCUT2D eigenvalue weighted by molar-refractivity contribution is -0.137. The van der Waals surface area contributed by atoms with Crippen LogP contribution in [0.1, 0.15) is 16.7 Å². The maximum absolute atomic E-state index is 12.9. The maximum atomic E-state index is 12.9. The van der Waals surface area contributed by atoms with Gasteiger partial charge in [0.05, 0.1) is 5.56 Å². The summed E-state index contributed by atoms with van der Waals surface area (Å²) in [6.07, 6.45) is -4.34. The van der Waals surface area contributed by atoms with Gasteiger partial charge in [0.1, 0.15) is 5.03 Å². The number of benzene rings is 2. The lowest BCUT2D eigenvalue weighted by atomic mass is 10.1. The molecule has 4 aromatic rings. The quantitative estimate of drug-likeness (QED) is 0.430. The summed E-state index contributed by atoms with van der Waals surface area (Å²) in [5.41, 5.74) is 2.59. The highest BCUT2D eigenvalue weighted by atomic mass is 32.2. The van der Waals surface area contributed by atoms with Crippen molar-refractivity contribution in [2.45, 2.75) is 23.9 Å². The molecule has 4 rings (SSSR count). The molecule has 2 heterocycles. The van der Waals surface area contributed by atoms with Gasteiger partial charge in [-0.05, 0) is 30.7 Å². The van der Waals surface area contributed by atoms with Crippen molar-refractivity contribution in [3.8, 4) is 11.4 Å². The Bertz CT molecular complexity index is 1120. The first-order valence-electron chi connectivity index (χ1n) is 8.48. The van der Waals surface area contributed by atoms with E-state index in [0.29, 0.717) is 27.8 Å². The molecular formula is C20H15F3N4S. The van der Waals surface area contributed by atoms with Gasteiger partial charge in [0, 0.05) is 11.3 Å². The Morgan fingerprint density at radius 2 is 1.75 bits per heavy atom. The summed E-state index contributed by atoms with van der Waals surface area (Å²) < 4.78 is 40.2. The van der Waals surface area contributed by atoms with Gasteiger partial charge in [0.2, 0.25) is 0 Å². The van der Waals surface area contributed by atoms with Gasteiger partial charge in [-0.1, -0.05) is 59.8 Å². The second-order valence-corrected chi connectivity index (χ2v) is 7.31. The monoisotopic (exact) mass is 400 g/mol. The van der Waals surface area contributed by atoms with E-state index in [1.165, 1.54) is 23.9 Å². The predicted molar refractivity (Wildman–Crippen MR) is 102 cm³/mol. The van der Waals surface area contributed by atoms with Crippen molar-refractivity contribution in [3.05, 3.63) is 77.4 Å². The molecule has 0 N–H and O–H groups in total. The van der Waals surface area contributed by atoms with Crippen LogP contribution in [-0.4, -0.2) is 19.8 Å². The van der Waals surface area contributed by atoms with E-state index in [-0.39, 0.29) is 0 Å². The second-order valence-electron chi connectivity index (χ2n) is 6.32. The zero-order chi connectivity index (χ0) is 19.7. The van der Waals surface area contributed by atoms with Crippen molar-refractivity contribution in [1.82, 2.24) is 19.8 Å². The molecule has 0 aliphatic rings. The van der Waals surface area contributed by atoms with E-state index in [9.17, 15) is 13.2 Å². The minimum absolute atomic E-state index is 0.379. The summed E-state index contributed by atoms with van der Waals surface area (Å²) in [6, 6.07) is 16.8. The van der Waals surface area contributed by atoms with Crippen LogP contribution in [0.25, 0.3) is 17.0 Å². The average Bonchev–Trinajstić information content (AvgIpc) is 3.10. The number of rotatable bonds is 4. The van der Waals surface area contributed by atoms with Crippen LogP contribution in [-0.2, 0) is 11.9 Å². The molecule has 0 unspecified atom stereocenters. The van der Waals surface area contributed by atoms with Crippen LogP contribution in [0, 0.1) is 6.92 Å². The number of thioether (sulfide) groups is 1. The van der Waals surface area contributed by atoms with E-state index < -0.39 is 11.7 Å². The highest BCUT2D eigenvalue weighted by Gasteiger charge is 2.30. The molecule has 0 radical (unpaired) electrons. The first kappa shape index (κ1) is 18.5. The van der Waals surface area contributed by atoms with Crippen LogP contribution >= 0.6 is 11.8 Å². The molecule has 0 aliphatic heterocycles. The third-order valence-electron chi connectivity index (χ3n) is 4.19. The molecule has 0 spiro atoms. The topological polar surface area (TPSA) is 43.1 Å². The molecule has 28 heavy (non-hydrogen) atoms. The van der Waals surface area contributed by atoms with Gasteiger partial charge in [-0.25, -0.2) is 0 Å². The fourth-order valence-corrected chi connectivity index (χ4v) is 3.52. The van der Waals surface area contributed by atoms with Crippen molar-refractivity contribution in [1.29, 1.82) is 0 Å². The van der Waals surface area contributed by atoms with Crippen LogP contribution in [0.2, 0.25) is 0 Å². The Morgan fingerprint density at radius 1 is 0.964 bits per heavy atom. The molecular weight excluding hydrogens is 385 g/mol. The van der Waals surface area contributed by atoms with Gasteiger partial charge in [0.25, 0.3) is 0 Å². The van der Waals surface area contributed by atoms with Gasteiger partial charge in [0.15, 0.2) is 11.5 Å². The number of fused-ring (bicyclic) bond motifs is 1. The first-order chi connectivity index (χ1) is 13.4. The third-order valence-corrected chi connectivity index (χ3v) is 5.18. The summed E-state index contributed by atoms with van der Waals surface area (Å²) in [4.78, 5) is 0. The lowest BCUT2D eigenvalue weighted by Gasteiger charge is -2.08. The fourth-order valence-electron chi connectivity index (χ4n) is 2.73. The van der Waals surface area contributed by atoms with Crippen molar-refractivity contribution in [2.24, 2.45) is 0 Å². The van der Waals surface area contributed by atoms with Crippen molar-refractivity contribution in [2.75, 3.05) is 0 Å². The molecule has 0 atom stereocenters. The van der Waals surface area contributed by atoms with E-state index in [2.05, 4.69) is 15.3 Å². The fraction of sp³-hybridized carbons (Fsp3) is 0.150. The van der Waals surface area contributed by atoms with Crippen molar-refractivity contribution < 1.29 is 13.2 Å². The van der Waals surface area contributed by atoms with Gasteiger partial charge in [-0.3, -0.25) is 0 Å². The van der Waals surface area contributed by atoms with Crippen LogP contribution < -0.4 is 0 Å². The Labute approximate surface area is 163 Å². The molecule has 2 aromatic carbocycles. The summed E-state index contributed by atoms with van der Waals surface area (Å²) in [5, 5.41) is 13.6. The van der Waals surface area contributed by atoms with Crippen molar-refractivity contribution >= 4 is 17.4 Å². The molecule has 4 nitrogen and oxygen atoms in total. The Morgan fingerprint density at radius 3 is 2.50 bits per heavy atom. The molecule has 2 aromatic heterocycles. The van der Waals surface area contributed by atoms with Crippen LogP contribution in [0.5, 0.6) is 0 Å². The minimum atomic E-state index is -4.34. The summed E-state index contributed by atoms with van der Waals surface area (Å²) in [6.45, 7) is 2.01. The summed E-state index contributed by atoms with van der Waals surface area (Å²) >= 11 is 1.36. The number of nitrogens with zero attached hydrogens (tertiary/aromatic N) is 4. The third kappa shape index (κ3) is 3.87. The van der Waals surface area contributed by atoms with Crippen LogP contribution in [0.4, 0.5) is 13.2 Å². The van der Waals surface area contributed by atoms with E-state index in [1.807, 2.05) is 31.2 Å². The second kappa shape index (κ2) is 7.27. The number of alkyl halides is 3. The standard InChI is InChI=1S/C20H15F3N4S/c1-13-5-7-15(8-6-13)19-25-24-17-9-10-18(26-27(17)19)28-12-14-3-2-4-16(11-14)20(21,22)23/h2-11H,12H2,1H3. The zero-order valence-corrected chi connectivity index (χ0v) is 15.6. The predicted octanol–water partition coefficient (Wildman–Crippen LogP) is 5.41. The van der Waals surface area contributed by atoms with E-state index in [0.717, 1.165) is 17.2 Å². The van der Waals surface area contributed by atoms with E-state index in [1.54, 1.807) is 22.7 Å². The molecule has 0 bridgehead atoms. The number of halogens is 3. The van der Waals surface area contributed by atoms with Gasteiger partial charge in [-0.2, -0.15) is 22.8 Å². The minimum Gasteiger partial charge on any atom is -0.192 e. The van der Waals surface area contributed by atoms with Gasteiger partial charge in [-0.15, -0.1) is 10.2 Å². The van der Waals surface area contributed by atoms with Gasteiger partial charge >= 0.3 is 6.18 Å². The number of hydrogen-bond donors (Lipinski definition) is 0. The van der Waals surface area contributed by atoms with Gasteiger partial charge < -0.3 is 0 Å². The number of aromatic nitrogens is 4. The van der Waals surface area contributed by atoms with E-state index >= 15 is 0 Å². The Kier molecular flexibility index (Phi) is 4.80. The van der Waals surface area contributed by atoms with Crippen LogP contribution in [0.3, 0.4) is 0 Å². The normalized spacial score (nSPS) is 11.9. The number of aryl methyl sites for hydroxylation is 1. The lowest BCUT2D eigenvalue weighted by Crippen LogP contribution is -2.05. The number of hydrogen-bond acceptors (Lipinski definition) is 4. The SMILES string of the molecule is Cc1ccc(-c2nnc3ccc(SCc4cccc(C(F)(F)F)c4)nn23)cc1. The zero-order valence-electron chi connectivity index (χ0n) is 14.8. The smallest absolute Gasteiger partial charge is 0.192 e. The molecule has 0 saturated carbocycles. The Balaban J connectivity index is 1.58. The molecule has 0 saturated heterocycles. The average molecular weight is 400 g/mol. The molecule has 0 fully saturated rings.